The Morgan fingerprint density at radius 3 is 2.38 bits per heavy atom. The van der Waals surface area contributed by atoms with Gasteiger partial charge in [0.15, 0.2) is 0 Å². The smallest absolute Gasteiger partial charge is 0.410 e. The molecule has 0 radical (unpaired) electrons. The van der Waals surface area contributed by atoms with Gasteiger partial charge in [-0.25, -0.2) is 4.79 Å². The van der Waals surface area contributed by atoms with Crippen LogP contribution >= 0.6 is 0 Å². The molecule has 140 valence electrons. The molecule has 0 aliphatic carbocycles. The lowest BCUT2D eigenvalue weighted by molar-refractivity contribution is -0.128. The second-order valence-electron chi connectivity index (χ2n) is 8.02. The van der Waals surface area contributed by atoms with Crippen molar-refractivity contribution in [2.75, 3.05) is 19.6 Å². The SMILES string of the molecule is CC(C)(C)OC(=O)N1CC=C(c2ccc(CN3CCCC3=O)cc2)CC1. The van der Waals surface area contributed by atoms with Crippen LogP contribution in [-0.4, -0.2) is 47.0 Å². The summed E-state index contributed by atoms with van der Waals surface area (Å²) >= 11 is 0. The Balaban J connectivity index is 1.58. The van der Waals surface area contributed by atoms with Crippen molar-refractivity contribution < 1.29 is 14.3 Å². The van der Waals surface area contributed by atoms with Crippen LogP contribution in [0.15, 0.2) is 30.3 Å². The number of carbonyl (C=O) groups is 2. The highest BCUT2D eigenvalue weighted by atomic mass is 16.6. The minimum Gasteiger partial charge on any atom is -0.444 e. The van der Waals surface area contributed by atoms with Crippen molar-refractivity contribution in [3.05, 3.63) is 41.5 Å². The van der Waals surface area contributed by atoms with Gasteiger partial charge in [0, 0.05) is 32.6 Å². The zero-order valence-corrected chi connectivity index (χ0v) is 16.0. The average Bonchev–Trinajstić information content (AvgIpc) is 2.99. The van der Waals surface area contributed by atoms with Crippen molar-refractivity contribution in [2.45, 2.75) is 52.2 Å². The third-order valence-corrected chi connectivity index (χ3v) is 4.73. The van der Waals surface area contributed by atoms with Crippen molar-refractivity contribution in [1.82, 2.24) is 9.80 Å². The summed E-state index contributed by atoms with van der Waals surface area (Å²) < 4.78 is 5.43. The lowest BCUT2D eigenvalue weighted by atomic mass is 9.98. The Bertz CT molecular complexity index is 701. The molecule has 1 aromatic carbocycles. The van der Waals surface area contributed by atoms with Gasteiger partial charge in [-0.2, -0.15) is 0 Å². The monoisotopic (exact) mass is 356 g/mol. The normalized spacial score (nSPS) is 18.1. The van der Waals surface area contributed by atoms with Crippen LogP contribution in [0.3, 0.4) is 0 Å². The molecule has 2 aliphatic heterocycles. The number of rotatable bonds is 3. The fraction of sp³-hybridized carbons (Fsp3) is 0.524. The van der Waals surface area contributed by atoms with E-state index >= 15 is 0 Å². The van der Waals surface area contributed by atoms with Gasteiger partial charge in [-0.1, -0.05) is 30.3 Å². The van der Waals surface area contributed by atoms with E-state index in [1.165, 1.54) is 11.1 Å². The highest BCUT2D eigenvalue weighted by Gasteiger charge is 2.24. The lowest BCUT2D eigenvalue weighted by Gasteiger charge is -2.29. The molecule has 1 aromatic rings. The van der Waals surface area contributed by atoms with E-state index in [1.54, 1.807) is 4.90 Å². The van der Waals surface area contributed by atoms with E-state index in [0.29, 0.717) is 26.1 Å². The zero-order valence-electron chi connectivity index (χ0n) is 16.0. The highest BCUT2D eigenvalue weighted by molar-refractivity contribution is 5.78. The van der Waals surface area contributed by atoms with E-state index in [0.717, 1.165) is 24.9 Å². The molecule has 5 nitrogen and oxygen atoms in total. The molecule has 0 atom stereocenters. The minimum atomic E-state index is -0.465. The quantitative estimate of drug-likeness (QED) is 0.827. The van der Waals surface area contributed by atoms with Gasteiger partial charge in [0.2, 0.25) is 5.91 Å². The number of likely N-dealkylation sites (tertiary alicyclic amines) is 1. The summed E-state index contributed by atoms with van der Waals surface area (Å²) in [6, 6.07) is 8.43. The largest absolute Gasteiger partial charge is 0.444 e. The first kappa shape index (κ1) is 18.5. The van der Waals surface area contributed by atoms with Crippen LogP contribution in [0.5, 0.6) is 0 Å². The van der Waals surface area contributed by atoms with Crippen LogP contribution in [0.4, 0.5) is 4.79 Å². The van der Waals surface area contributed by atoms with E-state index in [4.69, 9.17) is 4.74 Å². The Morgan fingerprint density at radius 1 is 1.12 bits per heavy atom. The van der Waals surface area contributed by atoms with E-state index in [1.807, 2.05) is 25.7 Å². The first-order valence-electron chi connectivity index (χ1n) is 9.36. The first-order valence-corrected chi connectivity index (χ1v) is 9.36. The number of hydrogen-bond donors (Lipinski definition) is 0. The summed E-state index contributed by atoms with van der Waals surface area (Å²) in [6.45, 7) is 8.46. The molecule has 0 unspecified atom stereocenters. The fourth-order valence-electron chi connectivity index (χ4n) is 3.34. The predicted molar refractivity (Wildman–Crippen MR) is 101 cm³/mol. The maximum atomic E-state index is 12.1. The standard InChI is InChI=1S/C21H28N2O3/c1-21(2,3)26-20(25)22-13-10-18(11-14-22)17-8-6-16(7-9-17)15-23-12-4-5-19(23)24/h6-10H,4-5,11-15H2,1-3H3. The van der Waals surface area contributed by atoms with Gasteiger partial charge in [-0.15, -0.1) is 0 Å². The first-order chi connectivity index (χ1) is 12.3. The summed E-state index contributed by atoms with van der Waals surface area (Å²) in [5.74, 6) is 0.256. The molecular weight excluding hydrogens is 328 g/mol. The van der Waals surface area contributed by atoms with Gasteiger partial charge in [0.1, 0.15) is 5.60 Å². The van der Waals surface area contributed by atoms with Crippen LogP contribution in [0, 0.1) is 0 Å². The van der Waals surface area contributed by atoms with Gasteiger partial charge < -0.3 is 14.5 Å². The van der Waals surface area contributed by atoms with Gasteiger partial charge in [0.25, 0.3) is 0 Å². The van der Waals surface area contributed by atoms with Crippen LogP contribution in [0.25, 0.3) is 5.57 Å². The molecule has 26 heavy (non-hydrogen) atoms. The molecular formula is C21H28N2O3. The Morgan fingerprint density at radius 2 is 1.85 bits per heavy atom. The predicted octanol–water partition coefficient (Wildman–Crippen LogP) is 3.83. The molecule has 0 saturated carbocycles. The van der Waals surface area contributed by atoms with E-state index in [9.17, 15) is 9.59 Å². The van der Waals surface area contributed by atoms with Crippen molar-refractivity contribution in [1.29, 1.82) is 0 Å². The van der Waals surface area contributed by atoms with Gasteiger partial charge >= 0.3 is 6.09 Å². The average molecular weight is 356 g/mol. The third kappa shape index (κ3) is 4.65. The topological polar surface area (TPSA) is 49.9 Å². The molecule has 2 amide bonds. The molecule has 3 rings (SSSR count). The molecule has 0 aromatic heterocycles. The van der Waals surface area contributed by atoms with Crippen molar-refractivity contribution in [2.24, 2.45) is 0 Å². The molecule has 0 spiro atoms. The maximum absolute atomic E-state index is 12.1. The third-order valence-electron chi connectivity index (χ3n) is 4.73. The Labute approximate surface area is 155 Å². The molecule has 2 heterocycles. The van der Waals surface area contributed by atoms with Crippen LogP contribution in [0.1, 0.15) is 51.2 Å². The van der Waals surface area contributed by atoms with Gasteiger partial charge in [-0.3, -0.25) is 4.79 Å². The van der Waals surface area contributed by atoms with Gasteiger partial charge in [-0.05, 0) is 50.3 Å². The maximum Gasteiger partial charge on any atom is 0.410 e. The highest BCUT2D eigenvalue weighted by Crippen LogP contribution is 2.24. The zero-order chi connectivity index (χ0) is 18.7. The molecule has 1 saturated heterocycles. The summed E-state index contributed by atoms with van der Waals surface area (Å²) in [4.78, 5) is 27.5. The van der Waals surface area contributed by atoms with Crippen LogP contribution < -0.4 is 0 Å². The Kier molecular flexibility index (Phi) is 5.35. The lowest BCUT2D eigenvalue weighted by Crippen LogP contribution is -2.39. The van der Waals surface area contributed by atoms with E-state index < -0.39 is 5.60 Å². The number of carbonyl (C=O) groups excluding carboxylic acids is 2. The molecule has 0 bridgehead atoms. The molecule has 2 aliphatic rings. The van der Waals surface area contributed by atoms with E-state index in [-0.39, 0.29) is 12.0 Å². The number of nitrogens with zero attached hydrogens (tertiary/aromatic N) is 2. The van der Waals surface area contributed by atoms with Crippen LogP contribution in [-0.2, 0) is 16.1 Å². The molecule has 0 N–H and O–H groups in total. The number of amides is 2. The number of benzene rings is 1. The van der Waals surface area contributed by atoms with Crippen molar-refractivity contribution >= 4 is 17.6 Å². The van der Waals surface area contributed by atoms with Crippen molar-refractivity contribution in [3.63, 3.8) is 0 Å². The second-order valence-corrected chi connectivity index (χ2v) is 8.02. The molecule has 1 fully saturated rings. The summed E-state index contributed by atoms with van der Waals surface area (Å²) in [7, 11) is 0. The number of hydrogen-bond acceptors (Lipinski definition) is 3. The second kappa shape index (κ2) is 7.52. The van der Waals surface area contributed by atoms with Crippen molar-refractivity contribution in [3.8, 4) is 0 Å². The minimum absolute atomic E-state index is 0.251. The summed E-state index contributed by atoms with van der Waals surface area (Å²) in [5, 5.41) is 0. The molecule has 5 heteroatoms. The Hall–Kier alpha value is -2.30. The fourth-order valence-corrected chi connectivity index (χ4v) is 3.34. The van der Waals surface area contributed by atoms with E-state index in [2.05, 4.69) is 30.3 Å². The van der Waals surface area contributed by atoms with Gasteiger partial charge in [0.05, 0.1) is 0 Å². The number of ether oxygens (including phenoxy) is 1. The summed E-state index contributed by atoms with van der Waals surface area (Å²) in [5.41, 5.74) is 3.14. The van der Waals surface area contributed by atoms with Crippen LogP contribution in [0.2, 0.25) is 0 Å². The summed E-state index contributed by atoms with van der Waals surface area (Å²) in [6.07, 6.45) is 4.32.